The van der Waals surface area contributed by atoms with Crippen LogP contribution in [-0.2, 0) is 11.3 Å². The molecule has 1 amide bonds. The summed E-state index contributed by atoms with van der Waals surface area (Å²) in [6.07, 6.45) is 1.60. The van der Waals surface area contributed by atoms with Crippen molar-refractivity contribution in [2.75, 3.05) is 11.1 Å². The van der Waals surface area contributed by atoms with E-state index >= 15 is 0 Å². The summed E-state index contributed by atoms with van der Waals surface area (Å²) in [5.41, 5.74) is 3.04. The van der Waals surface area contributed by atoms with Crippen LogP contribution < -0.4 is 5.32 Å². The molecule has 0 aliphatic rings. The molecule has 4 rings (SSSR count). The molecule has 30 heavy (non-hydrogen) atoms. The molecule has 0 bridgehead atoms. The molecule has 3 heterocycles. The van der Waals surface area contributed by atoms with Crippen LogP contribution in [0.25, 0.3) is 10.2 Å². The number of nitrogens with zero attached hydrogens (tertiary/aromatic N) is 3. The maximum absolute atomic E-state index is 12.7. The lowest BCUT2D eigenvalue weighted by Crippen LogP contribution is -2.18. The molecule has 152 valence electrons. The fourth-order valence-corrected chi connectivity index (χ4v) is 5.14. The van der Waals surface area contributed by atoms with E-state index in [4.69, 9.17) is 16.0 Å². The zero-order valence-electron chi connectivity index (χ0n) is 16.2. The van der Waals surface area contributed by atoms with Crippen molar-refractivity contribution in [3.63, 3.8) is 0 Å². The Morgan fingerprint density at radius 2 is 2.23 bits per heavy atom. The van der Waals surface area contributed by atoms with Gasteiger partial charge in [-0.05, 0) is 49.7 Å². The Hall–Kier alpha value is -2.73. The van der Waals surface area contributed by atoms with Crippen molar-refractivity contribution in [3.05, 3.63) is 64.2 Å². The predicted molar refractivity (Wildman–Crippen MR) is 120 cm³/mol. The molecule has 0 saturated heterocycles. The third-order valence-electron chi connectivity index (χ3n) is 4.75. The topological polar surface area (TPSA) is 83.9 Å². The lowest BCUT2D eigenvalue weighted by molar-refractivity contribution is -0.113. The summed E-state index contributed by atoms with van der Waals surface area (Å²) in [7, 11) is 0. The maximum atomic E-state index is 12.7. The van der Waals surface area contributed by atoms with E-state index in [1.807, 2.05) is 48.7 Å². The number of thiazole rings is 1. The van der Waals surface area contributed by atoms with Gasteiger partial charge < -0.3 is 14.3 Å². The number of anilines is 1. The van der Waals surface area contributed by atoms with Gasteiger partial charge in [-0.15, -0.1) is 11.3 Å². The fourth-order valence-electron chi connectivity index (χ4n) is 3.12. The molecule has 3 aromatic heterocycles. The number of aromatic nitrogens is 2. The Bertz CT molecular complexity index is 1270. The van der Waals surface area contributed by atoms with E-state index in [1.165, 1.54) is 23.1 Å². The summed E-state index contributed by atoms with van der Waals surface area (Å²) < 4.78 is 9.15. The van der Waals surface area contributed by atoms with E-state index < -0.39 is 0 Å². The first-order chi connectivity index (χ1) is 14.5. The summed E-state index contributed by atoms with van der Waals surface area (Å²) >= 11 is 8.89. The van der Waals surface area contributed by atoms with E-state index in [9.17, 15) is 10.1 Å². The maximum Gasteiger partial charge on any atom is 0.235 e. The Kier molecular flexibility index (Phi) is 5.86. The Labute approximate surface area is 186 Å². The number of rotatable bonds is 6. The molecule has 1 aromatic carbocycles. The zero-order chi connectivity index (χ0) is 21.3. The van der Waals surface area contributed by atoms with Crippen LogP contribution in [0.1, 0.15) is 22.6 Å². The van der Waals surface area contributed by atoms with Crippen molar-refractivity contribution >= 4 is 56.6 Å². The van der Waals surface area contributed by atoms with Crippen LogP contribution in [0, 0.1) is 25.2 Å². The van der Waals surface area contributed by atoms with Crippen molar-refractivity contribution in [3.8, 4) is 6.07 Å². The predicted octanol–water partition coefficient (Wildman–Crippen LogP) is 5.61. The molecule has 4 aromatic rings. The van der Waals surface area contributed by atoms with Gasteiger partial charge >= 0.3 is 0 Å². The average Bonchev–Trinajstić information content (AvgIpc) is 3.42. The Morgan fingerprint density at radius 3 is 2.97 bits per heavy atom. The lowest BCUT2D eigenvalue weighted by Gasteiger charge is -2.11. The Morgan fingerprint density at radius 1 is 1.40 bits per heavy atom. The molecular formula is C21H17ClN4O2S2. The number of carbonyl (C=O) groups is 1. The van der Waals surface area contributed by atoms with E-state index in [1.54, 1.807) is 6.26 Å². The van der Waals surface area contributed by atoms with Gasteiger partial charge in [0.2, 0.25) is 5.91 Å². The first kappa shape index (κ1) is 20.5. The molecule has 0 atom stereocenters. The van der Waals surface area contributed by atoms with Gasteiger partial charge in [0.15, 0.2) is 4.34 Å². The van der Waals surface area contributed by atoms with Crippen LogP contribution in [0.15, 0.2) is 45.4 Å². The summed E-state index contributed by atoms with van der Waals surface area (Å²) in [6.45, 7) is 4.24. The molecule has 0 aliphatic heterocycles. The van der Waals surface area contributed by atoms with Crippen LogP contribution in [0.2, 0.25) is 5.02 Å². The number of fused-ring (bicyclic) bond motifs is 1. The standard InChI is InChI=1S/C21H17ClN4O2S2/c1-12-13(2)26(10-15-4-3-7-28-15)20(16(12)9-23)25-19(27)11-29-21-24-17-8-14(22)5-6-18(17)30-21/h3-8H,10-11H2,1-2H3,(H,25,27). The highest BCUT2D eigenvalue weighted by Gasteiger charge is 2.20. The number of nitrogens with one attached hydrogen (secondary N) is 1. The monoisotopic (exact) mass is 456 g/mol. The van der Waals surface area contributed by atoms with Gasteiger partial charge in [0, 0.05) is 10.7 Å². The highest BCUT2D eigenvalue weighted by atomic mass is 35.5. The second kappa shape index (κ2) is 8.56. The third-order valence-corrected chi connectivity index (χ3v) is 7.16. The first-order valence-corrected chi connectivity index (χ1v) is 11.2. The summed E-state index contributed by atoms with van der Waals surface area (Å²) in [6, 6.07) is 11.4. The van der Waals surface area contributed by atoms with Gasteiger partial charge in [-0.1, -0.05) is 23.4 Å². The minimum atomic E-state index is -0.202. The number of hydrogen-bond acceptors (Lipinski definition) is 6. The largest absolute Gasteiger partial charge is 0.467 e. The number of benzene rings is 1. The molecule has 1 N–H and O–H groups in total. The molecule has 6 nitrogen and oxygen atoms in total. The highest BCUT2D eigenvalue weighted by molar-refractivity contribution is 8.01. The number of nitriles is 1. The first-order valence-electron chi connectivity index (χ1n) is 9.07. The number of thioether (sulfide) groups is 1. The van der Waals surface area contributed by atoms with Crippen LogP contribution in [-0.4, -0.2) is 21.2 Å². The van der Waals surface area contributed by atoms with Gasteiger partial charge in [-0.25, -0.2) is 4.98 Å². The van der Waals surface area contributed by atoms with Gasteiger partial charge in [0.1, 0.15) is 17.6 Å². The van der Waals surface area contributed by atoms with E-state index in [0.717, 1.165) is 31.6 Å². The molecule has 0 aliphatic carbocycles. The van der Waals surface area contributed by atoms with Gasteiger partial charge in [0.05, 0.1) is 34.3 Å². The summed E-state index contributed by atoms with van der Waals surface area (Å²) in [5.74, 6) is 1.22. The lowest BCUT2D eigenvalue weighted by atomic mass is 10.2. The molecule has 0 saturated carbocycles. The van der Waals surface area contributed by atoms with Crippen molar-refractivity contribution in [2.45, 2.75) is 24.7 Å². The van der Waals surface area contributed by atoms with Gasteiger partial charge in [-0.3, -0.25) is 4.79 Å². The molecule has 9 heteroatoms. The summed E-state index contributed by atoms with van der Waals surface area (Å²) in [4.78, 5) is 17.2. The van der Waals surface area contributed by atoms with Crippen molar-refractivity contribution in [1.82, 2.24) is 9.55 Å². The van der Waals surface area contributed by atoms with Crippen molar-refractivity contribution < 1.29 is 9.21 Å². The average molecular weight is 457 g/mol. The second-order valence-electron chi connectivity index (χ2n) is 6.64. The van der Waals surface area contributed by atoms with Crippen LogP contribution in [0.3, 0.4) is 0 Å². The molecular weight excluding hydrogens is 440 g/mol. The minimum absolute atomic E-state index is 0.183. The van der Waals surface area contributed by atoms with E-state index in [2.05, 4.69) is 16.4 Å². The Balaban J connectivity index is 1.51. The number of carbonyl (C=O) groups excluding carboxylic acids is 1. The molecule has 0 spiro atoms. The van der Waals surface area contributed by atoms with Crippen molar-refractivity contribution in [2.24, 2.45) is 0 Å². The van der Waals surface area contributed by atoms with Crippen LogP contribution in [0.5, 0.6) is 0 Å². The normalized spacial score (nSPS) is 11.0. The highest BCUT2D eigenvalue weighted by Crippen LogP contribution is 2.32. The summed E-state index contributed by atoms with van der Waals surface area (Å²) in [5, 5.41) is 13.2. The smallest absolute Gasteiger partial charge is 0.235 e. The number of furan rings is 1. The zero-order valence-corrected chi connectivity index (χ0v) is 18.6. The van der Waals surface area contributed by atoms with E-state index in [0.29, 0.717) is 22.9 Å². The molecule has 0 fully saturated rings. The van der Waals surface area contributed by atoms with Crippen LogP contribution >= 0.6 is 34.7 Å². The number of hydrogen-bond donors (Lipinski definition) is 1. The van der Waals surface area contributed by atoms with Crippen molar-refractivity contribution in [1.29, 1.82) is 5.26 Å². The molecule has 0 radical (unpaired) electrons. The number of amides is 1. The van der Waals surface area contributed by atoms with E-state index in [-0.39, 0.29) is 11.7 Å². The van der Waals surface area contributed by atoms with Gasteiger partial charge in [0.25, 0.3) is 0 Å². The minimum Gasteiger partial charge on any atom is -0.467 e. The van der Waals surface area contributed by atoms with Gasteiger partial charge in [-0.2, -0.15) is 5.26 Å². The third kappa shape index (κ3) is 4.10. The fraction of sp³-hybridized carbons (Fsp3) is 0.190. The quantitative estimate of drug-likeness (QED) is 0.381. The second-order valence-corrected chi connectivity index (χ2v) is 9.33. The van der Waals surface area contributed by atoms with Crippen LogP contribution in [0.4, 0.5) is 5.82 Å². The number of halogens is 1. The molecule has 0 unspecified atom stereocenters. The SMILES string of the molecule is Cc1c(C#N)c(NC(=O)CSc2nc3cc(Cl)ccc3s2)n(Cc2ccco2)c1C.